The molecule has 6 nitrogen and oxygen atoms in total. The van der Waals surface area contributed by atoms with E-state index in [1.165, 1.54) is 16.2 Å². The van der Waals surface area contributed by atoms with Crippen LogP contribution in [0.25, 0.3) is 11.1 Å². The van der Waals surface area contributed by atoms with E-state index in [-0.39, 0.29) is 18.3 Å². The summed E-state index contributed by atoms with van der Waals surface area (Å²) in [7, 11) is 1.61. The van der Waals surface area contributed by atoms with Gasteiger partial charge in [0.1, 0.15) is 17.7 Å². The average Bonchev–Trinajstić information content (AvgIpc) is 3.10. The van der Waals surface area contributed by atoms with Gasteiger partial charge in [0.05, 0.1) is 17.5 Å². The molecule has 0 radical (unpaired) electrons. The number of carbonyl (C=O) groups is 1. The van der Waals surface area contributed by atoms with Crippen LogP contribution in [0.1, 0.15) is 29.3 Å². The van der Waals surface area contributed by atoms with Crippen LogP contribution in [0.15, 0.2) is 34.6 Å². The van der Waals surface area contributed by atoms with Gasteiger partial charge in [-0.2, -0.15) is 10.5 Å². The lowest BCUT2D eigenvalue weighted by Gasteiger charge is -2.32. The molecule has 1 atom stereocenters. The smallest absolute Gasteiger partial charge is 0.231 e. The molecule has 3 rings (SSSR count). The highest BCUT2D eigenvalue weighted by atomic mass is 32.1. The third-order valence-electron chi connectivity index (χ3n) is 4.30. The van der Waals surface area contributed by atoms with Gasteiger partial charge in [-0.25, -0.2) is 4.99 Å². The summed E-state index contributed by atoms with van der Waals surface area (Å²) in [6, 6.07) is 11.2. The molecule has 1 aliphatic rings. The number of rotatable bonds is 2. The lowest BCUT2D eigenvalue weighted by atomic mass is 9.93. The van der Waals surface area contributed by atoms with E-state index in [1.54, 1.807) is 19.2 Å². The molecule has 1 aliphatic heterocycles. The lowest BCUT2D eigenvalue weighted by molar-refractivity contribution is -0.128. The molecule has 1 aromatic carbocycles. The largest absolute Gasteiger partial charge is 0.369 e. The Morgan fingerprint density at radius 1 is 1.24 bits per heavy atom. The second-order valence-electron chi connectivity index (χ2n) is 6.06. The maximum absolute atomic E-state index is 12.1. The Kier molecular flexibility index (Phi) is 4.03. The molecule has 1 aromatic heterocycles. The minimum Gasteiger partial charge on any atom is -0.369 e. The SMILES string of the molecule is CN1C(=O)C[C@@](C)(c2cc(-c3ccc(C#N)c(C#N)c3)cs2)N=C1N. The van der Waals surface area contributed by atoms with Gasteiger partial charge < -0.3 is 5.73 Å². The normalized spacial score (nSPS) is 19.9. The summed E-state index contributed by atoms with van der Waals surface area (Å²) >= 11 is 1.50. The molecule has 0 saturated heterocycles. The van der Waals surface area contributed by atoms with Crippen LogP contribution in [0, 0.1) is 22.7 Å². The van der Waals surface area contributed by atoms with Crippen molar-refractivity contribution >= 4 is 23.2 Å². The highest BCUT2D eigenvalue weighted by molar-refractivity contribution is 7.10. The van der Waals surface area contributed by atoms with Gasteiger partial charge in [-0.3, -0.25) is 9.69 Å². The quantitative estimate of drug-likeness (QED) is 0.899. The maximum atomic E-state index is 12.1. The monoisotopic (exact) mass is 349 g/mol. The van der Waals surface area contributed by atoms with E-state index in [4.69, 9.17) is 11.0 Å². The number of aliphatic imine (C=N–C) groups is 1. The van der Waals surface area contributed by atoms with Crippen molar-refractivity contribution in [3.63, 3.8) is 0 Å². The summed E-state index contributed by atoms with van der Waals surface area (Å²) in [5.41, 5.74) is 7.63. The number of amides is 1. The van der Waals surface area contributed by atoms with Crippen molar-refractivity contribution in [1.82, 2.24) is 4.90 Å². The van der Waals surface area contributed by atoms with Crippen LogP contribution in [-0.2, 0) is 10.3 Å². The number of benzene rings is 1. The fourth-order valence-electron chi connectivity index (χ4n) is 2.73. The van der Waals surface area contributed by atoms with Gasteiger partial charge >= 0.3 is 0 Å². The summed E-state index contributed by atoms with van der Waals surface area (Å²) in [5.74, 6) is 0.133. The Hall–Kier alpha value is -3.16. The highest BCUT2D eigenvalue weighted by Gasteiger charge is 2.37. The van der Waals surface area contributed by atoms with Crippen LogP contribution in [0.2, 0.25) is 0 Å². The lowest BCUT2D eigenvalue weighted by Crippen LogP contribution is -2.47. The average molecular weight is 349 g/mol. The molecule has 0 saturated carbocycles. The van der Waals surface area contributed by atoms with Crippen molar-refractivity contribution in [3.8, 4) is 23.3 Å². The van der Waals surface area contributed by atoms with Gasteiger partial charge in [-0.05, 0) is 41.6 Å². The molecule has 2 aromatic rings. The van der Waals surface area contributed by atoms with Gasteiger partial charge in [0, 0.05) is 11.9 Å². The fourth-order valence-corrected chi connectivity index (χ4v) is 3.76. The Morgan fingerprint density at radius 3 is 2.60 bits per heavy atom. The Morgan fingerprint density at radius 2 is 1.96 bits per heavy atom. The number of guanidine groups is 1. The Balaban J connectivity index is 2.00. The van der Waals surface area contributed by atoms with Gasteiger partial charge in [0.15, 0.2) is 5.96 Å². The number of hydrogen-bond donors (Lipinski definition) is 1. The molecular formula is C18H15N5OS. The number of thiophene rings is 1. The van der Waals surface area contributed by atoms with Crippen LogP contribution >= 0.6 is 11.3 Å². The second kappa shape index (κ2) is 6.04. The first kappa shape index (κ1) is 16.7. The van der Waals surface area contributed by atoms with Gasteiger partial charge in [-0.15, -0.1) is 11.3 Å². The van der Waals surface area contributed by atoms with Crippen LogP contribution in [0.5, 0.6) is 0 Å². The summed E-state index contributed by atoms with van der Waals surface area (Å²) in [4.78, 5) is 18.9. The molecule has 0 bridgehead atoms. The zero-order valence-electron chi connectivity index (χ0n) is 13.8. The van der Waals surface area contributed by atoms with E-state index in [2.05, 4.69) is 4.99 Å². The topological polar surface area (TPSA) is 106 Å². The highest BCUT2D eigenvalue weighted by Crippen LogP contribution is 2.39. The standard InChI is InChI=1S/C18H15N5OS/c1-18(7-16(24)23(2)17(21)22-18)15-6-14(10-25-15)11-3-4-12(8-19)13(5-11)9-20/h3-6,10H,7H2,1-2H3,(H2,21,22)/t18-/m0/s1. The van der Waals surface area contributed by atoms with E-state index in [0.717, 1.165) is 16.0 Å². The van der Waals surface area contributed by atoms with Crippen LogP contribution in [0.3, 0.4) is 0 Å². The third kappa shape index (κ3) is 2.86. The van der Waals surface area contributed by atoms with Crippen LogP contribution < -0.4 is 5.73 Å². The van der Waals surface area contributed by atoms with Gasteiger partial charge in [0.25, 0.3) is 0 Å². The minimum absolute atomic E-state index is 0.0740. The first-order valence-electron chi connectivity index (χ1n) is 7.53. The number of nitriles is 2. The Bertz CT molecular complexity index is 978. The predicted octanol–water partition coefficient (Wildman–Crippen LogP) is 2.55. The van der Waals surface area contributed by atoms with Crippen molar-refractivity contribution < 1.29 is 4.79 Å². The van der Waals surface area contributed by atoms with E-state index in [9.17, 15) is 10.1 Å². The van der Waals surface area contributed by atoms with E-state index in [0.29, 0.717) is 11.1 Å². The molecule has 0 fully saturated rings. The van der Waals surface area contributed by atoms with Crippen molar-refractivity contribution in [2.75, 3.05) is 7.05 Å². The van der Waals surface area contributed by atoms with Gasteiger partial charge in [-0.1, -0.05) is 6.07 Å². The zero-order chi connectivity index (χ0) is 18.2. The molecule has 1 amide bonds. The van der Waals surface area contributed by atoms with Crippen molar-refractivity contribution in [3.05, 3.63) is 45.6 Å². The Labute approximate surface area is 149 Å². The summed E-state index contributed by atoms with van der Waals surface area (Å²) < 4.78 is 0. The first-order chi connectivity index (χ1) is 11.9. The summed E-state index contributed by atoms with van der Waals surface area (Å²) in [5, 5.41) is 20.2. The molecule has 25 heavy (non-hydrogen) atoms. The first-order valence-corrected chi connectivity index (χ1v) is 8.41. The number of nitrogens with two attached hydrogens (primary N) is 1. The van der Waals surface area contributed by atoms with E-state index in [1.807, 2.05) is 36.6 Å². The summed E-state index contributed by atoms with van der Waals surface area (Å²) in [6.07, 6.45) is 0.251. The number of nitrogens with zero attached hydrogens (tertiary/aromatic N) is 4. The minimum atomic E-state index is -0.693. The molecule has 0 unspecified atom stereocenters. The molecule has 2 heterocycles. The van der Waals surface area contributed by atoms with Gasteiger partial charge in [0.2, 0.25) is 5.91 Å². The number of carbonyl (C=O) groups excluding carboxylic acids is 1. The molecular weight excluding hydrogens is 334 g/mol. The molecule has 124 valence electrons. The molecule has 0 aliphatic carbocycles. The van der Waals surface area contributed by atoms with Crippen LogP contribution in [0.4, 0.5) is 0 Å². The summed E-state index contributed by atoms with van der Waals surface area (Å²) in [6.45, 7) is 1.89. The van der Waals surface area contributed by atoms with E-state index < -0.39 is 5.54 Å². The third-order valence-corrected chi connectivity index (χ3v) is 5.48. The molecule has 2 N–H and O–H groups in total. The zero-order valence-corrected chi connectivity index (χ0v) is 14.6. The molecule has 7 heteroatoms. The second-order valence-corrected chi connectivity index (χ2v) is 6.97. The van der Waals surface area contributed by atoms with Crippen LogP contribution in [-0.4, -0.2) is 23.8 Å². The van der Waals surface area contributed by atoms with Crippen molar-refractivity contribution in [2.45, 2.75) is 18.9 Å². The predicted molar refractivity (Wildman–Crippen MR) is 95.5 cm³/mol. The van der Waals surface area contributed by atoms with Crippen molar-refractivity contribution in [1.29, 1.82) is 10.5 Å². The fraction of sp³-hybridized carbons (Fsp3) is 0.222. The number of hydrogen-bond acceptors (Lipinski definition) is 6. The van der Waals surface area contributed by atoms with Crippen molar-refractivity contribution in [2.24, 2.45) is 10.7 Å². The molecule has 0 spiro atoms. The maximum Gasteiger partial charge on any atom is 0.231 e. The van der Waals surface area contributed by atoms with E-state index >= 15 is 0 Å².